The highest BCUT2D eigenvalue weighted by Crippen LogP contribution is 2.38. The Bertz CT molecular complexity index is 922. The molecule has 0 saturated carbocycles. The first-order valence-corrected chi connectivity index (χ1v) is 11.2. The van der Waals surface area contributed by atoms with Gasteiger partial charge in [0.15, 0.2) is 0 Å². The minimum Gasteiger partial charge on any atom is -0.495 e. The molecular weight excluding hydrogens is 390 g/mol. The zero-order valence-electron chi connectivity index (χ0n) is 18.9. The van der Waals surface area contributed by atoms with Gasteiger partial charge in [-0.3, -0.25) is 9.69 Å². The van der Waals surface area contributed by atoms with Crippen LogP contribution in [-0.4, -0.2) is 64.3 Å². The molecule has 1 amide bonds. The van der Waals surface area contributed by atoms with Gasteiger partial charge in [-0.15, -0.1) is 0 Å². The van der Waals surface area contributed by atoms with Gasteiger partial charge in [0, 0.05) is 46.2 Å². The summed E-state index contributed by atoms with van der Waals surface area (Å²) < 4.78 is 11.1. The summed E-state index contributed by atoms with van der Waals surface area (Å²) in [6, 6.07) is 12.5. The third-order valence-corrected chi connectivity index (χ3v) is 6.52. The van der Waals surface area contributed by atoms with Crippen LogP contribution in [0.4, 0.5) is 11.4 Å². The van der Waals surface area contributed by atoms with Crippen LogP contribution in [0.15, 0.2) is 36.4 Å². The van der Waals surface area contributed by atoms with Gasteiger partial charge in [0.05, 0.1) is 25.6 Å². The second-order valence-corrected chi connectivity index (χ2v) is 8.28. The Morgan fingerprint density at radius 2 is 1.68 bits per heavy atom. The summed E-state index contributed by atoms with van der Waals surface area (Å²) >= 11 is 0. The molecule has 2 aromatic carbocycles. The summed E-state index contributed by atoms with van der Waals surface area (Å²) in [7, 11) is 3.42. The maximum atomic E-state index is 12.2. The fraction of sp³-hybridized carbons (Fsp3) is 0.480. The molecule has 0 bridgehead atoms. The summed E-state index contributed by atoms with van der Waals surface area (Å²) in [5, 5.41) is 0. The summed E-state index contributed by atoms with van der Waals surface area (Å²) in [5.74, 6) is 1.83. The lowest BCUT2D eigenvalue weighted by Gasteiger charge is -2.37. The zero-order valence-corrected chi connectivity index (χ0v) is 18.9. The van der Waals surface area contributed by atoms with Gasteiger partial charge in [-0.2, -0.15) is 0 Å². The zero-order chi connectivity index (χ0) is 21.8. The molecule has 4 rings (SSSR count). The number of piperazine rings is 1. The number of nitrogens with zero attached hydrogens (tertiary/aromatic N) is 3. The SMILES string of the molecule is COc1ccccc1N1CCN(CCc2ccc(OC)c3c2CCCN3C(C)=O)CC1. The van der Waals surface area contributed by atoms with E-state index in [9.17, 15) is 4.79 Å². The molecule has 0 spiro atoms. The van der Waals surface area contributed by atoms with Gasteiger partial charge >= 0.3 is 0 Å². The fourth-order valence-corrected chi connectivity index (χ4v) is 4.85. The third-order valence-electron chi connectivity index (χ3n) is 6.52. The summed E-state index contributed by atoms with van der Waals surface area (Å²) in [6.07, 6.45) is 3.00. The number of rotatable bonds is 6. The van der Waals surface area contributed by atoms with Crippen LogP contribution >= 0.6 is 0 Å². The molecule has 0 radical (unpaired) electrons. The number of carbonyl (C=O) groups excluding carboxylic acids is 1. The van der Waals surface area contributed by atoms with E-state index in [2.05, 4.69) is 28.0 Å². The highest BCUT2D eigenvalue weighted by atomic mass is 16.5. The van der Waals surface area contributed by atoms with Gasteiger partial charge in [0.25, 0.3) is 0 Å². The lowest BCUT2D eigenvalue weighted by atomic mass is 9.93. The average molecular weight is 424 g/mol. The Morgan fingerprint density at radius 1 is 0.935 bits per heavy atom. The maximum Gasteiger partial charge on any atom is 0.223 e. The molecule has 6 heteroatoms. The third kappa shape index (κ3) is 4.49. The first-order chi connectivity index (χ1) is 15.1. The second-order valence-electron chi connectivity index (χ2n) is 8.28. The van der Waals surface area contributed by atoms with Crippen LogP contribution in [0.5, 0.6) is 11.5 Å². The van der Waals surface area contributed by atoms with Crippen molar-refractivity contribution in [3.63, 3.8) is 0 Å². The van der Waals surface area contributed by atoms with Crippen molar-refractivity contribution in [2.24, 2.45) is 0 Å². The largest absolute Gasteiger partial charge is 0.495 e. The number of amides is 1. The molecule has 0 atom stereocenters. The Hall–Kier alpha value is -2.73. The van der Waals surface area contributed by atoms with E-state index in [-0.39, 0.29) is 5.91 Å². The molecule has 2 aromatic rings. The van der Waals surface area contributed by atoms with E-state index in [1.54, 1.807) is 21.1 Å². The van der Waals surface area contributed by atoms with E-state index in [0.717, 1.165) is 75.7 Å². The maximum absolute atomic E-state index is 12.2. The molecule has 0 aliphatic carbocycles. The molecule has 0 unspecified atom stereocenters. The summed E-state index contributed by atoms with van der Waals surface area (Å²) in [6.45, 7) is 7.51. The number of hydrogen-bond donors (Lipinski definition) is 0. The quantitative estimate of drug-likeness (QED) is 0.713. The molecule has 31 heavy (non-hydrogen) atoms. The lowest BCUT2D eigenvalue weighted by molar-refractivity contribution is -0.116. The second kappa shape index (κ2) is 9.60. The van der Waals surface area contributed by atoms with E-state index in [1.807, 2.05) is 23.1 Å². The van der Waals surface area contributed by atoms with E-state index in [0.29, 0.717) is 0 Å². The van der Waals surface area contributed by atoms with Crippen LogP contribution in [0, 0.1) is 0 Å². The molecule has 166 valence electrons. The Morgan fingerprint density at radius 3 is 2.39 bits per heavy atom. The molecule has 2 aliphatic heterocycles. The molecule has 1 saturated heterocycles. The van der Waals surface area contributed by atoms with Gasteiger partial charge in [-0.25, -0.2) is 0 Å². The van der Waals surface area contributed by atoms with E-state index >= 15 is 0 Å². The Kier molecular flexibility index (Phi) is 6.66. The minimum atomic E-state index is 0.0869. The van der Waals surface area contributed by atoms with Crippen molar-refractivity contribution in [3.8, 4) is 11.5 Å². The number of hydrogen-bond acceptors (Lipinski definition) is 5. The molecule has 0 N–H and O–H groups in total. The van der Waals surface area contributed by atoms with Gasteiger partial charge < -0.3 is 19.3 Å². The predicted octanol–water partition coefficient (Wildman–Crippen LogP) is 3.37. The number of anilines is 2. The Labute approximate surface area is 185 Å². The van der Waals surface area contributed by atoms with Gasteiger partial charge in [-0.1, -0.05) is 18.2 Å². The first-order valence-electron chi connectivity index (χ1n) is 11.2. The summed E-state index contributed by atoms with van der Waals surface area (Å²) in [4.78, 5) is 19.0. The van der Waals surface area contributed by atoms with Crippen molar-refractivity contribution in [1.82, 2.24) is 4.90 Å². The van der Waals surface area contributed by atoms with Crippen LogP contribution in [0.25, 0.3) is 0 Å². The van der Waals surface area contributed by atoms with E-state index in [1.165, 1.54) is 16.8 Å². The standard InChI is InChI=1S/C25H33N3O3/c1-19(29)28-13-6-7-21-20(10-11-24(31-3)25(21)28)12-14-26-15-17-27(18-16-26)22-8-4-5-9-23(22)30-2/h4-5,8-11H,6-7,12-18H2,1-3H3. The molecule has 2 aliphatic rings. The fourth-order valence-electron chi connectivity index (χ4n) is 4.85. The number of methoxy groups -OCH3 is 2. The number of fused-ring (bicyclic) bond motifs is 1. The van der Waals surface area contributed by atoms with E-state index < -0.39 is 0 Å². The van der Waals surface area contributed by atoms with Gasteiger partial charge in [0.1, 0.15) is 11.5 Å². The van der Waals surface area contributed by atoms with Crippen LogP contribution in [0.3, 0.4) is 0 Å². The normalized spacial score (nSPS) is 16.7. The average Bonchev–Trinajstić information content (AvgIpc) is 2.82. The molecular formula is C25H33N3O3. The number of carbonyl (C=O) groups is 1. The lowest BCUT2D eigenvalue weighted by Crippen LogP contribution is -2.47. The van der Waals surface area contributed by atoms with Crippen LogP contribution in [-0.2, 0) is 17.6 Å². The molecule has 2 heterocycles. The van der Waals surface area contributed by atoms with Crippen molar-refractivity contribution >= 4 is 17.3 Å². The highest BCUT2D eigenvalue weighted by Gasteiger charge is 2.26. The molecule has 0 aromatic heterocycles. The summed E-state index contributed by atoms with van der Waals surface area (Å²) in [5.41, 5.74) is 4.79. The van der Waals surface area contributed by atoms with Crippen molar-refractivity contribution < 1.29 is 14.3 Å². The van der Waals surface area contributed by atoms with Crippen LogP contribution < -0.4 is 19.3 Å². The van der Waals surface area contributed by atoms with E-state index in [4.69, 9.17) is 9.47 Å². The predicted molar refractivity (Wildman–Crippen MR) is 125 cm³/mol. The van der Waals surface area contributed by atoms with Gasteiger partial charge in [0.2, 0.25) is 5.91 Å². The monoisotopic (exact) mass is 423 g/mol. The topological polar surface area (TPSA) is 45.2 Å². The van der Waals surface area contributed by atoms with Gasteiger partial charge in [-0.05, 0) is 48.6 Å². The van der Waals surface area contributed by atoms with Crippen molar-refractivity contribution in [2.45, 2.75) is 26.2 Å². The van der Waals surface area contributed by atoms with Crippen molar-refractivity contribution in [2.75, 3.05) is 63.3 Å². The molecule has 6 nitrogen and oxygen atoms in total. The van der Waals surface area contributed by atoms with Crippen molar-refractivity contribution in [1.29, 1.82) is 0 Å². The smallest absolute Gasteiger partial charge is 0.223 e. The first kappa shape index (κ1) is 21.5. The molecule has 1 fully saturated rings. The number of ether oxygens (including phenoxy) is 2. The highest BCUT2D eigenvalue weighted by molar-refractivity contribution is 5.95. The van der Waals surface area contributed by atoms with Crippen molar-refractivity contribution in [3.05, 3.63) is 47.5 Å². The van der Waals surface area contributed by atoms with Crippen LogP contribution in [0.1, 0.15) is 24.5 Å². The number of para-hydroxylation sites is 2. The number of benzene rings is 2. The van der Waals surface area contributed by atoms with Crippen LogP contribution in [0.2, 0.25) is 0 Å². The minimum absolute atomic E-state index is 0.0869. The Balaban J connectivity index is 1.42.